The predicted molar refractivity (Wildman–Crippen MR) is 83.4 cm³/mol. The van der Waals surface area contributed by atoms with Gasteiger partial charge in [-0.15, -0.1) is 11.3 Å². The summed E-state index contributed by atoms with van der Waals surface area (Å²) in [4.78, 5) is 1.10. The zero-order chi connectivity index (χ0) is 13.3. The highest BCUT2D eigenvalue weighted by molar-refractivity contribution is 9.11. The molecule has 4 heteroatoms. The van der Waals surface area contributed by atoms with Crippen molar-refractivity contribution in [3.8, 4) is 0 Å². The molecule has 0 amide bonds. The fourth-order valence-electron chi connectivity index (χ4n) is 1.92. The SMILES string of the molecule is CC(C)(c1ccccc1)C(N)c1cc(Cl)c(Br)s1. The zero-order valence-electron chi connectivity index (χ0n) is 10.3. The standard InChI is InChI=1S/C14H15BrClNS/c1-14(2,9-6-4-3-5-7-9)12(17)11-8-10(16)13(15)18-11/h3-8,12H,17H2,1-2H3. The van der Waals surface area contributed by atoms with Crippen LogP contribution in [0.5, 0.6) is 0 Å². The van der Waals surface area contributed by atoms with Gasteiger partial charge in [-0.1, -0.05) is 55.8 Å². The summed E-state index contributed by atoms with van der Waals surface area (Å²) in [6.07, 6.45) is 0. The van der Waals surface area contributed by atoms with Crippen LogP contribution in [0, 0.1) is 0 Å². The topological polar surface area (TPSA) is 26.0 Å². The van der Waals surface area contributed by atoms with Crippen molar-refractivity contribution in [2.24, 2.45) is 5.73 Å². The molecule has 0 aliphatic carbocycles. The number of rotatable bonds is 3. The molecule has 0 saturated carbocycles. The van der Waals surface area contributed by atoms with Crippen LogP contribution in [0.15, 0.2) is 40.2 Å². The molecule has 0 radical (unpaired) electrons. The lowest BCUT2D eigenvalue weighted by atomic mass is 9.77. The van der Waals surface area contributed by atoms with Gasteiger partial charge in [-0.25, -0.2) is 0 Å². The Labute approximate surface area is 125 Å². The fourth-order valence-corrected chi connectivity index (χ4v) is 3.85. The molecule has 1 aromatic heterocycles. The van der Waals surface area contributed by atoms with Crippen LogP contribution in [0.1, 0.15) is 30.3 Å². The Balaban J connectivity index is 2.35. The van der Waals surface area contributed by atoms with Gasteiger partial charge in [-0.05, 0) is 27.6 Å². The number of halogens is 2. The lowest BCUT2D eigenvalue weighted by Crippen LogP contribution is -2.32. The summed E-state index contributed by atoms with van der Waals surface area (Å²) in [5, 5.41) is 0.731. The summed E-state index contributed by atoms with van der Waals surface area (Å²) in [5.74, 6) is 0. The molecule has 2 rings (SSSR count). The molecule has 18 heavy (non-hydrogen) atoms. The first-order valence-corrected chi connectivity index (χ1v) is 7.67. The number of nitrogens with two attached hydrogens (primary N) is 1. The summed E-state index contributed by atoms with van der Waals surface area (Å²) in [6.45, 7) is 4.32. The van der Waals surface area contributed by atoms with Gasteiger partial charge in [0.2, 0.25) is 0 Å². The van der Waals surface area contributed by atoms with Crippen molar-refractivity contribution in [3.63, 3.8) is 0 Å². The average molecular weight is 345 g/mol. The predicted octanol–water partition coefficient (Wildman–Crippen LogP) is 5.14. The minimum Gasteiger partial charge on any atom is -0.323 e. The molecule has 1 atom stereocenters. The second-order valence-corrected chi connectivity index (χ2v) is 7.64. The van der Waals surface area contributed by atoms with E-state index < -0.39 is 0 Å². The average Bonchev–Trinajstić information content (AvgIpc) is 2.69. The maximum atomic E-state index is 6.42. The van der Waals surface area contributed by atoms with Crippen LogP contribution >= 0.6 is 38.9 Å². The quantitative estimate of drug-likeness (QED) is 0.819. The van der Waals surface area contributed by atoms with E-state index in [1.54, 1.807) is 11.3 Å². The van der Waals surface area contributed by atoms with Gasteiger partial charge in [0.05, 0.1) is 8.81 Å². The van der Waals surface area contributed by atoms with Crippen molar-refractivity contribution in [2.45, 2.75) is 25.3 Å². The number of hydrogen-bond donors (Lipinski definition) is 1. The van der Waals surface area contributed by atoms with Gasteiger partial charge in [0.15, 0.2) is 0 Å². The Morgan fingerprint density at radius 1 is 1.28 bits per heavy atom. The minimum atomic E-state index is -0.130. The summed E-state index contributed by atoms with van der Waals surface area (Å²) in [7, 11) is 0. The summed E-state index contributed by atoms with van der Waals surface area (Å²) < 4.78 is 0.943. The summed E-state index contributed by atoms with van der Waals surface area (Å²) >= 11 is 11.1. The second-order valence-electron chi connectivity index (χ2n) is 4.84. The second kappa shape index (κ2) is 5.33. The molecule has 0 spiro atoms. The van der Waals surface area contributed by atoms with Gasteiger partial charge in [0.25, 0.3) is 0 Å². The van der Waals surface area contributed by atoms with E-state index in [2.05, 4.69) is 41.9 Å². The fraction of sp³-hybridized carbons (Fsp3) is 0.286. The van der Waals surface area contributed by atoms with E-state index in [0.29, 0.717) is 0 Å². The largest absolute Gasteiger partial charge is 0.323 e. The van der Waals surface area contributed by atoms with Crippen LogP contribution in [0.4, 0.5) is 0 Å². The highest BCUT2D eigenvalue weighted by Gasteiger charge is 2.31. The van der Waals surface area contributed by atoms with Crippen molar-refractivity contribution in [1.82, 2.24) is 0 Å². The molecule has 0 fully saturated rings. The van der Waals surface area contributed by atoms with Gasteiger partial charge < -0.3 is 5.73 Å². The van der Waals surface area contributed by atoms with Crippen LogP contribution in [0.3, 0.4) is 0 Å². The van der Waals surface area contributed by atoms with E-state index in [9.17, 15) is 0 Å². The molecule has 1 heterocycles. The lowest BCUT2D eigenvalue weighted by Gasteiger charge is -2.31. The Hall–Kier alpha value is -0.350. The zero-order valence-corrected chi connectivity index (χ0v) is 13.4. The Morgan fingerprint density at radius 3 is 2.39 bits per heavy atom. The van der Waals surface area contributed by atoms with Gasteiger partial charge in [0.1, 0.15) is 0 Å². The highest BCUT2D eigenvalue weighted by Crippen LogP contribution is 2.41. The molecular formula is C14H15BrClNS. The number of thiophene rings is 1. The van der Waals surface area contributed by atoms with E-state index in [0.717, 1.165) is 13.7 Å². The van der Waals surface area contributed by atoms with Gasteiger partial charge >= 0.3 is 0 Å². The Kier molecular flexibility index (Phi) is 4.17. The van der Waals surface area contributed by atoms with Crippen LogP contribution in [-0.4, -0.2) is 0 Å². The number of benzene rings is 1. The van der Waals surface area contributed by atoms with E-state index in [4.69, 9.17) is 17.3 Å². The third-order valence-corrected chi connectivity index (χ3v) is 5.82. The van der Waals surface area contributed by atoms with Crippen molar-refractivity contribution >= 4 is 38.9 Å². The molecule has 1 nitrogen and oxygen atoms in total. The number of hydrogen-bond acceptors (Lipinski definition) is 2. The third-order valence-electron chi connectivity index (χ3n) is 3.27. The molecule has 0 aliphatic rings. The minimum absolute atomic E-state index is 0.0753. The maximum Gasteiger partial charge on any atom is 0.0888 e. The molecular weight excluding hydrogens is 330 g/mol. The normalized spacial score (nSPS) is 13.6. The van der Waals surface area contributed by atoms with Crippen LogP contribution in [-0.2, 0) is 5.41 Å². The van der Waals surface area contributed by atoms with Gasteiger partial charge in [-0.3, -0.25) is 0 Å². The van der Waals surface area contributed by atoms with Gasteiger partial charge in [0, 0.05) is 16.3 Å². The molecule has 0 saturated heterocycles. The summed E-state index contributed by atoms with van der Waals surface area (Å²) in [5.41, 5.74) is 7.52. The highest BCUT2D eigenvalue weighted by atomic mass is 79.9. The van der Waals surface area contributed by atoms with Crippen molar-refractivity contribution < 1.29 is 0 Å². The van der Waals surface area contributed by atoms with Crippen LogP contribution < -0.4 is 5.73 Å². The van der Waals surface area contributed by atoms with Crippen molar-refractivity contribution in [3.05, 3.63) is 55.6 Å². The smallest absolute Gasteiger partial charge is 0.0888 e. The third kappa shape index (κ3) is 2.64. The maximum absolute atomic E-state index is 6.42. The van der Waals surface area contributed by atoms with Crippen molar-refractivity contribution in [1.29, 1.82) is 0 Å². The molecule has 1 unspecified atom stereocenters. The molecule has 0 bridgehead atoms. The first-order valence-electron chi connectivity index (χ1n) is 5.68. The molecule has 1 aromatic carbocycles. The van der Waals surface area contributed by atoms with E-state index >= 15 is 0 Å². The molecule has 2 aromatic rings. The van der Waals surface area contributed by atoms with Crippen LogP contribution in [0.2, 0.25) is 5.02 Å². The molecule has 96 valence electrons. The Bertz CT molecular complexity index is 516. The molecule has 0 aliphatic heterocycles. The van der Waals surface area contributed by atoms with Gasteiger partial charge in [-0.2, -0.15) is 0 Å². The van der Waals surface area contributed by atoms with Crippen molar-refractivity contribution in [2.75, 3.05) is 0 Å². The van der Waals surface area contributed by atoms with Crippen LogP contribution in [0.25, 0.3) is 0 Å². The molecule has 2 N–H and O–H groups in total. The lowest BCUT2D eigenvalue weighted by molar-refractivity contribution is 0.426. The Morgan fingerprint density at radius 2 is 1.89 bits per heavy atom. The first kappa shape index (κ1) is 14.1. The monoisotopic (exact) mass is 343 g/mol. The first-order chi connectivity index (χ1) is 8.43. The van der Waals surface area contributed by atoms with E-state index in [1.807, 2.05) is 24.3 Å². The van der Waals surface area contributed by atoms with E-state index in [-0.39, 0.29) is 11.5 Å². The summed E-state index contributed by atoms with van der Waals surface area (Å²) in [6, 6.07) is 12.2. The van der Waals surface area contributed by atoms with E-state index in [1.165, 1.54) is 5.56 Å².